The molecule has 0 aliphatic heterocycles. The summed E-state index contributed by atoms with van der Waals surface area (Å²) in [4.78, 5) is 50.2. The average Bonchev–Trinajstić information content (AvgIpc) is 3.43. The van der Waals surface area contributed by atoms with Gasteiger partial charge in [0.25, 0.3) is 5.91 Å². The molecule has 1 atom stereocenters. The van der Waals surface area contributed by atoms with E-state index < -0.39 is 29.6 Å². The lowest BCUT2D eigenvalue weighted by Gasteiger charge is -2.20. The number of benzene rings is 3. The Kier molecular flexibility index (Phi) is 12.6. The number of aryl methyl sites for hydroxylation is 1. The number of nitrogens with two attached hydrogens (primary N) is 1. The van der Waals surface area contributed by atoms with Gasteiger partial charge in [-0.25, -0.2) is 14.0 Å². The Hall–Kier alpha value is -6.00. The number of nitrogen functional groups attached to an aromatic ring is 1. The number of amidine groups is 1. The minimum Gasteiger partial charge on any atom is -0.481 e. The molecule has 266 valence electrons. The minimum atomic E-state index is -5.08. The summed E-state index contributed by atoms with van der Waals surface area (Å²) in [5.74, 6) is -4.85. The molecule has 0 aliphatic rings. The molecule has 0 saturated carbocycles. The number of aliphatic carboxylic acids is 1. The molecule has 6 N–H and O–H groups in total. The quantitative estimate of drug-likeness (QED) is 0.0880. The van der Waals surface area contributed by atoms with E-state index in [4.69, 9.17) is 25.8 Å². The topological polar surface area (TPSA) is 196 Å². The van der Waals surface area contributed by atoms with Gasteiger partial charge in [-0.2, -0.15) is 17.9 Å². The van der Waals surface area contributed by atoms with Crippen LogP contribution in [0.3, 0.4) is 0 Å². The highest BCUT2D eigenvalue weighted by Crippen LogP contribution is 2.34. The van der Waals surface area contributed by atoms with E-state index in [1.54, 1.807) is 74.8 Å². The maximum absolute atomic E-state index is 16.2. The van der Waals surface area contributed by atoms with Crippen LogP contribution in [-0.4, -0.2) is 75.3 Å². The van der Waals surface area contributed by atoms with Crippen molar-refractivity contribution in [1.82, 2.24) is 19.7 Å². The molecule has 2 amide bonds. The highest BCUT2D eigenvalue weighted by atomic mass is 19.4. The van der Waals surface area contributed by atoms with Crippen LogP contribution in [0.15, 0.2) is 65.5 Å². The molecule has 0 saturated heterocycles. The number of alkyl halides is 3. The summed E-state index contributed by atoms with van der Waals surface area (Å²) in [6.07, 6.45) is -4.31. The van der Waals surface area contributed by atoms with Crippen LogP contribution in [0.2, 0.25) is 0 Å². The van der Waals surface area contributed by atoms with Gasteiger partial charge in [0.2, 0.25) is 5.91 Å². The standard InChI is InChI=1S/C31H34FN7O4.C2HF3O2/c1-5-19-14-22(28(32)26(16-19)43-17-27(41)38(3)4)23(15-20-10-12-21(13-11-20)29(33)34)30-36-31(42)39(37-30)25-9-7-6-8-24(25)35-18(2)40;3-2(4,5)1(6)7/h6-14,16,23H,5,15,17H2,1-4H3,(H3,33,34)(H,35,40)(H,36,37,42);(H,6,7). The van der Waals surface area contributed by atoms with E-state index >= 15 is 4.39 Å². The SMILES string of the molecule is CCc1cc(OCC(=O)N(C)C)c(F)c(C(Cc2ccc(C(=N)N)cc2)c2nn(-c3ccccc3NC(C)=O)c(=O)[nH]2)c1.O=C(O)C(F)(F)F. The lowest BCUT2D eigenvalue weighted by Crippen LogP contribution is -2.27. The van der Waals surface area contributed by atoms with Crippen molar-refractivity contribution in [3.63, 3.8) is 0 Å². The van der Waals surface area contributed by atoms with Crippen molar-refractivity contribution >= 4 is 29.3 Å². The zero-order chi connectivity index (χ0) is 37.3. The Morgan fingerprint density at radius 1 is 1.10 bits per heavy atom. The molecule has 3 aromatic carbocycles. The third-order valence-corrected chi connectivity index (χ3v) is 7.12. The van der Waals surface area contributed by atoms with Gasteiger partial charge in [0, 0.05) is 32.1 Å². The lowest BCUT2D eigenvalue weighted by molar-refractivity contribution is -0.192. The Morgan fingerprint density at radius 3 is 2.26 bits per heavy atom. The smallest absolute Gasteiger partial charge is 0.481 e. The molecule has 4 rings (SSSR count). The molecule has 0 spiro atoms. The van der Waals surface area contributed by atoms with E-state index in [1.165, 1.54) is 11.8 Å². The highest BCUT2D eigenvalue weighted by molar-refractivity contribution is 5.94. The van der Waals surface area contributed by atoms with Gasteiger partial charge < -0.3 is 25.8 Å². The number of carboxylic acid groups (broad SMARTS) is 1. The number of aromatic nitrogens is 3. The lowest BCUT2D eigenvalue weighted by atomic mass is 9.89. The zero-order valence-corrected chi connectivity index (χ0v) is 27.4. The molecule has 17 heteroatoms. The van der Waals surface area contributed by atoms with Crippen LogP contribution in [0, 0.1) is 11.2 Å². The van der Waals surface area contributed by atoms with Crippen LogP contribution in [0.5, 0.6) is 5.75 Å². The number of nitrogens with zero attached hydrogens (tertiary/aromatic N) is 3. The third-order valence-electron chi connectivity index (χ3n) is 7.12. The second kappa shape index (κ2) is 16.4. The van der Waals surface area contributed by atoms with Crippen molar-refractivity contribution < 1.29 is 41.8 Å². The fourth-order valence-electron chi connectivity index (χ4n) is 4.53. The molecule has 0 radical (unpaired) electrons. The first-order chi connectivity index (χ1) is 23.4. The number of carboxylic acids is 1. The number of anilines is 1. The van der Waals surface area contributed by atoms with E-state index in [0.29, 0.717) is 23.4 Å². The van der Waals surface area contributed by atoms with Crippen molar-refractivity contribution in [3.8, 4) is 11.4 Å². The summed E-state index contributed by atoms with van der Waals surface area (Å²) in [6, 6.07) is 16.9. The Morgan fingerprint density at radius 2 is 1.72 bits per heavy atom. The number of para-hydroxylation sites is 2. The summed E-state index contributed by atoms with van der Waals surface area (Å²) in [5.41, 5.74) is 8.05. The molecule has 1 aromatic heterocycles. The number of carbonyl (C=O) groups excluding carboxylic acids is 2. The van der Waals surface area contributed by atoms with Gasteiger partial charge in [0.1, 0.15) is 11.7 Å². The number of halogens is 4. The first kappa shape index (κ1) is 38.4. The maximum Gasteiger partial charge on any atom is 0.490 e. The van der Waals surface area contributed by atoms with E-state index in [-0.39, 0.29) is 47.8 Å². The molecule has 1 heterocycles. The summed E-state index contributed by atoms with van der Waals surface area (Å²) in [6.45, 7) is 2.92. The van der Waals surface area contributed by atoms with Crippen LogP contribution in [0.1, 0.15) is 47.8 Å². The van der Waals surface area contributed by atoms with Crippen molar-refractivity contribution in [3.05, 3.63) is 105 Å². The number of carbonyl (C=O) groups is 3. The summed E-state index contributed by atoms with van der Waals surface area (Å²) < 4.78 is 54.7. The number of rotatable bonds is 11. The van der Waals surface area contributed by atoms with Crippen LogP contribution < -0.4 is 21.5 Å². The Bertz CT molecular complexity index is 1920. The average molecular weight is 702 g/mol. The normalized spacial score (nSPS) is 11.5. The van der Waals surface area contributed by atoms with Gasteiger partial charge in [-0.05, 0) is 42.2 Å². The molecular formula is C33H35F4N7O6. The maximum atomic E-state index is 16.2. The molecule has 13 nitrogen and oxygen atoms in total. The predicted octanol–water partition coefficient (Wildman–Crippen LogP) is 3.98. The fourth-order valence-corrected chi connectivity index (χ4v) is 4.53. The molecule has 4 aromatic rings. The van der Waals surface area contributed by atoms with E-state index in [2.05, 4.69) is 15.4 Å². The Labute approximate surface area is 283 Å². The molecular weight excluding hydrogens is 666 g/mol. The fraction of sp³-hybridized carbons (Fsp3) is 0.273. The van der Waals surface area contributed by atoms with Crippen LogP contribution in [0.4, 0.5) is 23.2 Å². The number of hydrogen-bond donors (Lipinski definition) is 5. The third kappa shape index (κ3) is 10.0. The second-order valence-electron chi connectivity index (χ2n) is 11.0. The number of nitrogens with one attached hydrogen (secondary N) is 3. The van der Waals surface area contributed by atoms with Gasteiger partial charge in [0.05, 0.1) is 17.3 Å². The number of likely N-dealkylation sites (N-methyl/N-ethyl adjacent to an activating group) is 1. The minimum absolute atomic E-state index is 0.0836. The van der Waals surface area contributed by atoms with Gasteiger partial charge in [0.15, 0.2) is 18.2 Å². The van der Waals surface area contributed by atoms with Crippen molar-refractivity contribution in [2.24, 2.45) is 5.73 Å². The zero-order valence-electron chi connectivity index (χ0n) is 27.4. The van der Waals surface area contributed by atoms with Gasteiger partial charge in [-0.15, -0.1) is 5.10 Å². The summed E-state index contributed by atoms with van der Waals surface area (Å²) >= 11 is 0. The van der Waals surface area contributed by atoms with E-state index in [0.717, 1.165) is 15.8 Å². The largest absolute Gasteiger partial charge is 0.490 e. The molecule has 0 fully saturated rings. The van der Waals surface area contributed by atoms with E-state index in [9.17, 15) is 27.6 Å². The van der Waals surface area contributed by atoms with Crippen molar-refractivity contribution in [1.29, 1.82) is 5.41 Å². The molecule has 50 heavy (non-hydrogen) atoms. The number of amides is 2. The highest BCUT2D eigenvalue weighted by Gasteiger charge is 2.38. The first-order valence-corrected chi connectivity index (χ1v) is 14.9. The van der Waals surface area contributed by atoms with Crippen molar-refractivity contribution in [2.75, 3.05) is 26.0 Å². The second-order valence-corrected chi connectivity index (χ2v) is 11.0. The predicted molar refractivity (Wildman–Crippen MR) is 175 cm³/mol. The van der Waals surface area contributed by atoms with Gasteiger partial charge >= 0.3 is 17.8 Å². The van der Waals surface area contributed by atoms with E-state index in [1.807, 2.05) is 6.92 Å². The molecule has 0 bridgehead atoms. The Balaban J connectivity index is 0.000000872. The summed E-state index contributed by atoms with van der Waals surface area (Å²) in [7, 11) is 3.17. The van der Waals surface area contributed by atoms with Gasteiger partial charge in [-0.1, -0.05) is 49.4 Å². The number of hydrogen-bond acceptors (Lipinski definition) is 7. The van der Waals surface area contributed by atoms with Gasteiger partial charge in [-0.3, -0.25) is 20.0 Å². The number of H-pyrrole nitrogens is 1. The number of ether oxygens (including phenoxy) is 1. The van der Waals surface area contributed by atoms with Crippen LogP contribution in [0.25, 0.3) is 5.69 Å². The first-order valence-electron chi connectivity index (χ1n) is 14.9. The van der Waals surface area contributed by atoms with Crippen molar-refractivity contribution in [2.45, 2.75) is 38.8 Å². The summed E-state index contributed by atoms with van der Waals surface area (Å²) in [5, 5.41) is 22.1. The molecule has 1 unspecified atom stereocenters. The number of aromatic amines is 1. The molecule has 0 aliphatic carbocycles. The van der Waals surface area contributed by atoms with Crippen LogP contribution >= 0.6 is 0 Å². The monoisotopic (exact) mass is 701 g/mol. The van der Waals surface area contributed by atoms with Crippen LogP contribution in [-0.2, 0) is 27.2 Å².